The Morgan fingerprint density at radius 1 is 1.07 bits per heavy atom. The second kappa shape index (κ2) is 9.44. The number of likely N-dealkylation sites (tertiary alicyclic amines) is 1. The summed E-state index contributed by atoms with van der Waals surface area (Å²) in [6.07, 6.45) is 9.73. The van der Waals surface area contributed by atoms with Crippen molar-refractivity contribution in [3.05, 3.63) is 59.2 Å². The van der Waals surface area contributed by atoms with Crippen LogP contribution in [0.1, 0.15) is 35.1 Å². The Morgan fingerprint density at radius 3 is 2.36 bits per heavy atom. The summed E-state index contributed by atoms with van der Waals surface area (Å²) in [7, 11) is 0. The number of hydrogen-bond acceptors (Lipinski definition) is 4. The molecule has 148 valence electrons. The molecule has 6 heteroatoms. The molecule has 0 saturated carbocycles. The smallest absolute Gasteiger partial charge is 0.227 e. The minimum atomic E-state index is 0.00512. The molecule has 6 nitrogen and oxygen atoms in total. The molecule has 0 spiro atoms. The van der Waals surface area contributed by atoms with Crippen molar-refractivity contribution in [1.82, 2.24) is 20.2 Å². The fraction of sp³-hybridized carbons (Fsp3) is 0.455. The largest absolute Gasteiger partial charge is 0.355 e. The van der Waals surface area contributed by atoms with Crippen molar-refractivity contribution < 1.29 is 9.59 Å². The Labute approximate surface area is 166 Å². The lowest BCUT2D eigenvalue weighted by atomic mass is 9.97. The topological polar surface area (TPSA) is 75.2 Å². The first-order chi connectivity index (χ1) is 13.5. The van der Waals surface area contributed by atoms with Crippen LogP contribution in [-0.4, -0.2) is 46.3 Å². The molecule has 1 fully saturated rings. The molecule has 1 N–H and O–H groups in total. The summed E-state index contributed by atoms with van der Waals surface area (Å²) in [4.78, 5) is 35.1. The third kappa shape index (κ3) is 5.38. The van der Waals surface area contributed by atoms with E-state index < -0.39 is 0 Å². The van der Waals surface area contributed by atoms with Crippen molar-refractivity contribution in [2.75, 3.05) is 19.6 Å². The maximum absolute atomic E-state index is 12.7. The Hall–Kier alpha value is -2.76. The Bertz CT molecular complexity index is 837. The molecule has 2 aromatic heterocycles. The fourth-order valence-electron chi connectivity index (χ4n) is 3.59. The van der Waals surface area contributed by atoms with Gasteiger partial charge in [0.1, 0.15) is 0 Å². The maximum Gasteiger partial charge on any atom is 0.227 e. The minimum Gasteiger partial charge on any atom is -0.355 e. The highest BCUT2D eigenvalue weighted by Gasteiger charge is 2.24. The van der Waals surface area contributed by atoms with Crippen LogP contribution in [0, 0.1) is 19.8 Å². The first kappa shape index (κ1) is 20.0. The number of carbonyl (C=O) groups excluding carboxylic acids is 2. The monoisotopic (exact) mass is 380 g/mol. The number of amides is 2. The molecule has 1 unspecified atom stereocenters. The average molecular weight is 380 g/mol. The van der Waals surface area contributed by atoms with E-state index in [1.807, 2.05) is 30.9 Å². The highest BCUT2D eigenvalue weighted by Crippen LogP contribution is 2.18. The van der Waals surface area contributed by atoms with Gasteiger partial charge in [0.25, 0.3) is 0 Å². The van der Waals surface area contributed by atoms with E-state index in [1.54, 1.807) is 24.8 Å². The molecule has 0 bridgehead atoms. The number of carbonyl (C=O) groups is 2. The van der Waals surface area contributed by atoms with Gasteiger partial charge in [-0.2, -0.15) is 0 Å². The minimum absolute atomic E-state index is 0.00512. The summed E-state index contributed by atoms with van der Waals surface area (Å²) in [6.45, 7) is 6.08. The molecular weight excluding hydrogens is 352 g/mol. The highest BCUT2D eigenvalue weighted by atomic mass is 16.2. The summed E-state index contributed by atoms with van der Waals surface area (Å²) in [5.74, 6) is 0.440. The van der Waals surface area contributed by atoms with Crippen molar-refractivity contribution in [2.24, 2.45) is 5.92 Å². The third-order valence-electron chi connectivity index (χ3n) is 5.45. The lowest BCUT2D eigenvalue weighted by Crippen LogP contribution is -2.44. The van der Waals surface area contributed by atoms with E-state index in [-0.39, 0.29) is 11.8 Å². The van der Waals surface area contributed by atoms with Crippen LogP contribution in [0.5, 0.6) is 0 Å². The summed E-state index contributed by atoms with van der Waals surface area (Å²) < 4.78 is 0. The van der Waals surface area contributed by atoms with Gasteiger partial charge in [-0.1, -0.05) is 0 Å². The second-order valence-corrected chi connectivity index (χ2v) is 7.61. The van der Waals surface area contributed by atoms with Crippen molar-refractivity contribution in [1.29, 1.82) is 0 Å². The van der Waals surface area contributed by atoms with Crippen molar-refractivity contribution in [3.8, 4) is 0 Å². The van der Waals surface area contributed by atoms with Crippen LogP contribution in [-0.2, 0) is 22.4 Å². The molecule has 3 rings (SSSR count). The lowest BCUT2D eigenvalue weighted by Gasteiger charge is -2.33. The molecule has 1 saturated heterocycles. The first-order valence-corrected chi connectivity index (χ1v) is 9.86. The second-order valence-electron chi connectivity index (χ2n) is 7.61. The van der Waals surface area contributed by atoms with Gasteiger partial charge in [-0.25, -0.2) is 0 Å². The summed E-state index contributed by atoms with van der Waals surface area (Å²) in [6, 6.07) is 3.85. The van der Waals surface area contributed by atoms with Gasteiger partial charge in [0.15, 0.2) is 0 Å². The number of aromatic nitrogens is 2. The van der Waals surface area contributed by atoms with Crippen molar-refractivity contribution >= 4 is 11.8 Å². The van der Waals surface area contributed by atoms with Gasteiger partial charge < -0.3 is 10.2 Å². The van der Waals surface area contributed by atoms with Crippen LogP contribution in [0.25, 0.3) is 0 Å². The number of aryl methyl sites for hydroxylation is 2. The number of hydrogen-bond donors (Lipinski definition) is 1. The molecule has 1 aliphatic heterocycles. The van der Waals surface area contributed by atoms with Crippen LogP contribution in [0.2, 0.25) is 0 Å². The van der Waals surface area contributed by atoms with E-state index in [2.05, 4.69) is 15.3 Å². The predicted molar refractivity (Wildman–Crippen MR) is 108 cm³/mol. The molecule has 2 amide bonds. The van der Waals surface area contributed by atoms with E-state index in [0.29, 0.717) is 31.8 Å². The molecule has 0 aromatic carbocycles. The van der Waals surface area contributed by atoms with Crippen molar-refractivity contribution in [3.63, 3.8) is 0 Å². The zero-order chi connectivity index (χ0) is 19.9. The van der Waals surface area contributed by atoms with E-state index in [4.69, 9.17) is 0 Å². The molecule has 2 aromatic rings. The van der Waals surface area contributed by atoms with Crippen molar-refractivity contribution in [2.45, 2.75) is 39.5 Å². The lowest BCUT2D eigenvalue weighted by molar-refractivity contribution is -0.132. The zero-order valence-corrected chi connectivity index (χ0v) is 16.6. The van der Waals surface area contributed by atoms with Crippen LogP contribution in [0.3, 0.4) is 0 Å². The SMILES string of the molecule is Cc1ccncc1CC(=O)NCC1CCCN(C(=O)Cc2cnccc2C)C1. The maximum atomic E-state index is 12.7. The average Bonchev–Trinajstić information content (AvgIpc) is 2.70. The van der Waals surface area contributed by atoms with Gasteiger partial charge >= 0.3 is 0 Å². The van der Waals surface area contributed by atoms with E-state index in [1.165, 1.54) is 0 Å². The number of rotatable bonds is 6. The number of pyridine rings is 2. The highest BCUT2D eigenvalue weighted by molar-refractivity contribution is 5.79. The van der Waals surface area contributed by atoms with Crippen LogP contribution in [0.15, 0.2) is 36.9 Å². The third-order valence-corrected chi connectivity index (χ3v) is 5.45. The van der Waals surface area contributed by atoms with Gasteiger partial charge in [-0.3, -0.25) is 19.6 Å². The predicted octanol–water partition coefficient (Wildman–Crippen LogP) is 2.23. The molecule has 1 atom stereocenters. The van der Waals surface area contributed by atoms with Gasteiger partial charge in [0, 0.05) is 44.4 Å². The normalized spacial score (nSPS) is 16.6. The molecule has 0 radical (unpaired) electrons. The molecular formula is C22H28N4O2. The van der Waals surface area contributed by atoms with E-state index in [0.717, 1.165) is 41.6 Å². The Morgan fingerprint density at radius 2 is 1.71 bits per heavy atom. The van der Waals surface area contributed by atoms with E-state index >= 15 is 0 Å². The Kier molecular flexibility index (Phi) is 6.74. The van der Waals surface area contributed by atoms with Gasteiger partial charge in [0.2, 0.25) is 11.8 Å². The molecule has 1 aliphatic rings. The molecule has 28 heavy (non-hydrogen) atoms. The zero-order valence-electron chi connectivity index (χ0n) is 16.6. The number of piperidine rings is 1. The molecule has 3 heterocycles. The van der Waals surface area contributed by atoms with E-state index in [9.17, 15) is 9.59 Å². The van der Waals surface area contributed by atoms with Crippen LogP contribution < -0.4 is 5.32 Å². The summed E-state index contributed by atoms with van der Waals surface area (Å²) in [5, 5.41) is 3.03. The van der Waals surface area contributed by atoms with Crippen LogP contribution in [0.4, 0.5) is 0 Å². The fourth-order valence-corrected chi connectivity index (χ4v) is 3.59. The number of nitrogens with one attached hydrogen (secondary N) is 1. The van der Waals surface area contributed by atoms with Gasteiger partial charge in [-0.15, -0.1) is 0 Å². The van der Waals surface area contributed by atoms with Crippen LogP contribution >= 0.6 is 0 Å². The van der Waals surface area contributed by atoms with Gasteiger partial charge in [0.05, 0.1) is 12.8 Å². The summed E-state index contributed by atoms with van der Waals surface area (Å²) >= 11 is 0. The Balaban J connectivity index is 1.48. The molecule has 0 aliphatic carbocycles. The standard InChI is InChI=1S/C22H28N4O2/c1-16-5-7-23-13-19(16)10-21(27)25-12-18-4-3-9-26(15-18)22(28)11-20-14-24-8-6-17(20)2/h5-8,13-14,18H,3-4,9-12,15H2,1-2H3,(H,25,27). The van der Waals surface area contributed by atoms with Gasteiger partial charge in [-0.05, 0) is 67.0 Å². The first-order valence-electron chi connectivity index (χ1n) is 9.86. The summed E-state index contributed by atoms with van der Waals surface area (Å²) in [5.41, 5.74) is 4.10. The quantitative estimate of drug-likeness (QED) is 0.834. The number of nitrogens with zero attached hydrogens (tertiary/aromatic N) is 3.